The molecule has 64 heavy (non-hydrogen) atoms. The molecule has 0 amide bonds. The van der Waals surface area contributed by atoms with Gasteiger partial charge in [-0.3, -0.25) is 9.59 Å². The van der Waals surface area contributed by atoms with E-state index in [-0.39, 0.29) is 11.6 Å². The number of carbonyl (C=O) groups excluding carboxylic acids is 2. The molecular weight excluding hydrogens is 821 g/mol. The highest BCUT2D eigenvalue weighted by Crippen LogP contribution is 2.53. The molecule has 10 aromatic carbocycles. The minimum absolute atomic E-state index is 0.0409. The number of para-hydroxylation sites is 4. The molecule has 6 heteroatoms. The van der Waals surface area contributed by atoms with Crippen LogP contribution in [0.4, 0.5) is 34.1 Å². The van der Waals surface area contributed by atoms with E-state index in [0.29, 0.717) is 22.3 Å². The molecule has 0 spiro atoms. The van der Waals surface area contributed by atoms with Crippen molar-refractivity contribution in [2.75, 3.05) is 9.80 Å². The summed E-state index contributed by atoms with van der Waals surface area (Å²) in [5.41, 5.74) is 10.7. The summed E-state index contributed by atoms with van der Waals surface area (Å²) in [7, 11) is 0. The summed E-state index contributed by atoms with van der Waals surface area (Å²) < 4.78 is 0. The number of hydrogen-bond acceptors (Lipinski definition) is 6. The summed E-state index contributed by atoms with van der Waals surface area (Å²) in [5.74, 6) is -0.0817. The van der Waals surface area contributed by atoms with Crippen LogP contribution in [0.3, 0.4) is 0 Å². The molecule has 0 saturated heterocycles. The number of fused-ring (bicyclic) bond motifs is 6. The van der Waals surface area contributed by atoms with Gasteiger partial charge < -0.3 is 9.80 Å². The van der Waals surface area contributed by atoms with Crippen molar-refractivity contribution in [2.45, 2.75) is 19.6 Å². The number of carbonyl (C=O) groups is 2. The topological polar surface area (TPSA) is 40.6 Å². The van der Waals surface area contributed by atoms with Gasteiger partial charge in [0, 0.05) is 53.2 Å². The molecule has 0 aromatic heterocycles. The number of nitrogens with zero attached hydrogens (tertiary/aromatic N) is 2. The molecule has 302 valence electrons. The normalized spacial score (nSPS) is 12.6. The molecule has 10 aromatic rings. The first-order valence-corrected chi connectivity index (χ1v) is 22.9. The second kappa shape index (κ2) is 15.6. The molecule has 0 saturated carbocycles. The van der Waals surface area contributed by atoms with Crippen LogP contribution in [-0.2, 0) is 0 Å². The molecule has 0 fully saturated rings. The Morgan fingerprint density at radius 2 is 0.641 bits per heavy atom. The van der Waals surface area contributed by atoms with Crippen molar-refractivity contribution in [3.8, 4) is 11.1 Å². The van der Waals surface area contributed by atoms with E-state index in [0.717, 1.165) is 66.8 Å². The molecule has 0 bridgehead atoms. The van der Waals surface area contributed by atoms with Gasteiger partial charge in [-0.25, -0.2) is 0 Å². The van der Waals surface area contributed by atoms with Crippen LogP contribution in [0, 0.1) is 0 Å². The smallest absolute Gasteiger partial charge is 0.193 e. The van der Waals surface area contributed by atoms with Gasteiger partial charge >= 0.3 is 0 Å². The maximum absolute atomic E-state index is 14.7. The first-order chi connectivity index (χ1) is 31.6. The summed E-state index contributed by atoms with van der Waals surface area (Å²) in [6.45, 7) is 0. The van der Waals surface area contributed by atoms with Crippen LogP contribution in [0.1, 0.15) is 31.8 Å². The Morgan fingerprint density at radius 1 is 0.312 bits per heavy atom. The van der Waals surface area contributed by atoms with E-state index in [1.54, 1.807) is 23.5 Å². The molecular formula is C58H36N2O2S2. The molecule has 2 aliphatic heterocycles. The standard InChI is InChI=1S/C58H36N2O2S2/c61-57(37-15-13-17-39(35-37)59-49-23-5-9-27-53(49)63-54-28-10-6-24-50(54)59)47-33-31-45(41-19-1-3-21-43(41)47)46-32-34-48(44-22-4-2-20-42(44)46)58(62)38-16-14-18-40(36-38)60-51-25-7-11-29-55(51)64-56-30-12-8-26-52(56)60/h1-36H. The maximum atomic E-state index is 14.7. The minimum Gasteiger partial charge on any atom is -0.308 e. The Hall–Kier alpha value is -7.64. The fourth-order valence-electron chi connectivity index (χ4n) is 9.31. The van der Waals surface area contributed by atoms with Gasteiger partial charge in [-0.05, 0) is 118 Å². The fraction of sp³-hybridized carbons (Fsp3) is 0. The van der Waals surface area contributed by atoms with Crippen molar-refractivity contribution in [1.82, 2.24) is 0 Å². The number of rotatable bonds is 7. The lowest BCUT2D eigenvalue weighted by atomic mass is 9.87. The van der Waals surface area contributed by atoms with Gasteiger partial charge in [0.25, 0.3) is 0 Å². The summed E-state index contributed by atoms with van der Waals surface area (Å²) >= 11 is 3.53. The van der Waals surface area contributed by atoms with E-state index in [4.69, 9.17) is 0 Å². The number of anilines is 6. The van der Waals surface area contributed by atoms with Crippen LogP contribution >= 0.6 is 23.5 Å². The largest absolute Gasteiger partial charge is 0.308 e. The molecule has 2 heterocycles. The van der Waals surface area contributed by atoms with E-state index in [1.165, 1.54) is 19.6 Å². The predicted octanol–water partition coefficient (Wildman–Crippen LogP) is 16.0. The lowest BCUT2D eigenvalue weighted by Gasteiger charge is -2.33. The Kier molecular flexibility index (Phi) is 9.29. The van der Waals surface area contributed by atoms with Gasteiger partial charge in [0.05, 0.1) is 22.7 Å². The minimum atomic E-state index is -0.0409. The maximum Gasteiger partial charge on any atom is 0.193 e. The van der Waals surface area contributed by atoms with Gasteiger partial charge in [0.2, 0.25) is 0 Å². The van der Waals surface area contributed by atoms with Gasteiger partial charge in [0.15, 0.2) is 11.6 Å². The van der Waals surface area contributed by atoms with Crippen molar-refractivity contribution in [3.63, 3.8) is 0 Å². The average Bonchev–Trinajstić information content (AvgIpc) is 3.36. The Balaban J connectivity index is 0.906. The summed E-state index contributed by atoms with van der Waals surface area (Å²) in [6.07, 6.45) is 0. The summed E-state index contributed by atoms with van der Waals surface area (Å²) in [5, 5.41) is 3.69. The molecule has 0 atom stereocenters. The zero-order valence-corrected chi connectivity index (χ0v) is 35.9. The van der Waals surface area contributed by atoms with E-state index >= 15 is 0 Å². The van der Waals surface area contributed by atoms with E-state index in [9.17, 15) is 9.59 Å². The number of ketones is 2. The van der Waals surface area contributed by atoms with Crippen LogP contribution in [0.2, 0.25) is 0 Å². The number of benzene rings is 10. The first kappa shape index (κ1) is 38.1. The lowest BCUT2D eigenvalue weighted by Crippen LogP contribution is -2.15. The van der Waals surface area contributed by atoms with E-state index in [1.807, 2.05) is 84.9 Å². The Bertz CT molecular complexity index is 3220. The van der Waals surface area contributed by atoms with Crippen LogP contribution < -0.4 is 9.80 Å². The second-order valence-corrected chi connectivity index (χ2v) is 18.1. The molecule has 2 aliphatic rings. The van der Waals surface area contributed by atoms with Crippen LogP contribution in [0.5, 0.6) is 0 Å². The highest BCUT2D eigenvalue weighted by atomic mass is 32.2. The predicted molar refractivity (Wildman–Crippen MR) is 264 cm³/mol. The van der Waals surface area contributed by atoms with Gasteiger partial charge in [-0.2, -0.15) is 0 Å². The van der Waals surface area contributed by atoms with Crippen molar-refractivity contribution in [2.24, 2.45) is 0 Å². The zero-order valence-electron chi connectivity index (χ0n) is 34.3. The molecule has 0 aliphatic carbocycles. The average molecular weight is 857 g/mol. The Labute approximate surface area is 379 Å². The van der Waals surface area contributed by atoms with Crippen LogP contribution in [-0.4, -0.2) is 11.6 Å². The van der Waals surface area contributed by atoms with Crippen molar-refractivity contribution < 1.29 is 9.59 Å². The highest BCUT2D eigenvalue weighted by molar-refractivity contribution is 8.00. The van der Waals surface area contributed by atoms with E-state index in [2.05, 4.69) is 143 Å². The zero-order chi connectivity index (χ0) is 42.7. The number of hydrogen-bond donors (Lipinski definition) is 0. The molecule has 0 unspecified atom stereocenters. The van der Waals surface area contributed by atoms with E-state index < -0.39 is 0 Å². The highest BCUT2D eigenvalue weighted by Gasteiger charge is 2.27. The summed E-state index contributed by atoms with van der Waals surface area (Å²) in [6, 6.07) is 73.9. The molecule has 4 nitrogen and oxygen atoms in total. The van der Waals surface area contributed by atoms with Crippen molar-refractivity contribution in [3.05, 3.63) is 241 Å². The Morgan fingerprint density at radius 3 is 1.02 bits per heavy atom. The van der Waals surface area contributed by atoms with Gasteiger partial charge in [-0.1, -0.05) is 157 Å². The quantitative estimate of drug-likeness (QED) is 0.149. The lowest BCUT2D eigenvalue weighted by molar-refractivity contribution is 0.103. The van der Waals surface area contributed by atoms with Crippen molar-refractivity contribution >= 4 is 90.8 Å². The van der Waals surface area contributed by atoms with Gasteiger partial charge in [-0.15, -0.1) is 0 Å². The molecule has 0 radical (unpaired) electrons. The summed E-state index contributed by atoms with van der Waals surface area (Å²) in [4.78, 5) is 38.6. The van der Waals surface area contributed by atoms with Crippen LogP contribution in [0.25, 0.3) is 32.7 Å². The van der Waals surface area contributed by atoms with Crippen LogP contribution in [0.15, 0.2) is 238 Å². The van der Waals surface area contributed by atoms with Crippen molar-refractivity contribution in [1.29, 1.82) is 0 Å². The molecule has 0 N–H and O–H groups in total. The second-order valence-electron chi connectivity index (χ2n) is 15.9. The fourth-order valence-corrected chi connectivity index (χ4v) is 11.4. The van der Waals surface area contributed by atoms with Gasteiger partial charge in [0.1, 0.15) is 0 Å². The molecule has 12 rings (SSSR count). The third-order valence-electron chi connectivity index (χ3n) is 12.2. The monoisotopic (exact) mass is 856 g/mol. The third kappa shape index (κ3) is 6.33. The first-order valence-electron chi connectivity index (χ1n) is 21.2. The third-order valence-corrected chi connectivity index (χ3v) is 14.5. The SMILES string of the molecule is O=C(c1cccc(N2c3ccccc3Sc3ccccc32)c1)c1ccc(-c2ccc(C(=O)c3cccc(N4c5ccccc5Sc5ccccc54)c3)c3ccccc23)c2ccccc12.